The van der Waals surface area contributed by atoms with Crippen LogP contribution in [0.1, 0.15) is 6.42 Å². The van der Waals surface area contributed by atoms with Crippen molar-refractivity contribution in [2.24, 2.45) is 0 Å². The monoisotopic (exact) mass is 322 g/mol. The van der Waals surface area contributed by atoms with Gasteiger partial charge in [-0.15, -0.1) is 12.4 Å². The van der Waals surface area contributed by atoms with E-state index in [1.165, 1.54) is 10.9 Å². The van der Waals surface area contributed by atoms with Gasteiger partial charge in [0, 0.05) is 39.1 Å². The summed E-state index contributed by atoms with van der Waals surface area (Å²) < 4.78 is 1.52. The molecule has 1 N–H and O–H groups in total. The van der Waals surface area contributed by atoms with E-state index >= 15 is 0 Å². The molecule has 0 atom stereocenters. The second-order valence-corrected chi connectivity index (χ2v) is 5.14. The number of aromatic nitrogens is 2. The van der Waals surface area contributed by atoms with Crippen LogP contribution in [0.2, 0.25) is 0 Å². The zero-order valence-corrected chi connectivity index (χ0v) is 13.0. The molecule has 0 bridgehead atoms. The summed E-state index contributed by atoms with van der Waals surface area (Å²) in [6.45, 7) is 3.53. The van der Waals surface area contributed by atoms with Gasteiger partial charge in [-0.05, 0) is 12.1 Å². The van der Waals surface area contributed by atoms with E-state index in [1.54, 1.807) is 6.07 Å². The number of carbonyl (C=O) groups is 1. The van der Waals surface area contributed by atoms with E-state index in [9.17, 15) is 9.59 Å². The summed E-state index contributed by atoms with van der Waals surface area (Å²) in [5.74, 6) is 0.0940. The SMILES string of the molecule is Cl.O=C(CCn1cnc2ccccc2c1=O)N1CCNCC1. The third-order valence-electron chi connectivity index (χ3n) is 3.77. The van der Waals surface area contributed by atoms with E-state index in [2.05, 4.69) is 10.3 Å². The highest BCUT2D eigenvalue weighted by molar-refractivity contribution is 5.85. The summed E-state index contributed by atoms with van der Waals surface area (Å²) in [5.41, 5.74) is 0.598. The number of aryl methyl sites for hydroxylation is 1. The van der Waals surface area contributed by atoms with Crippen LogP contribution in [0.3, 0.4) is 0 Å². The molecule has 2 aromatic rings. The first-order valence-electron chi connectivity index (χ1n) is 7.18. The van der Waals surface area contributed by atoms with Gasteiger partial charge < -0.3 is 10.2 Å². The van der Waals surface area contributed by atoms with Crippen LogP contribution in [-0.4, -0.2) is 46.5 Å². The van der Waals surface area contributed by atoms with Gasteiger partial charge in [0.15, 0.2) is 0 Å². The lowest BCUT2D eigenvalue weighted by atomic mass is 10.2. The predicted octanol–water partition coefficient (Wildman–Crippen LogP) is 0.640. The number of nitrogens with one attached hydrogen (secondary N) is 1. The summed E-state index contributed by atoms with van der Waals surface area (Å²) in [6, 6.07) is 7.25. The van der Waals surface area contributed by atoms with Gasteiger partial charge in [0.05, 0.1) is 17.2 Å². The molecule has 1 aliphatic rings. The van der Waals surface area contributed by atoms with Crippen molar-refractivity contribution in [2.45, 2.75) is 13.0 Å². The second kappa shape index (κ2) is 7.38. The molecule has 0 spiro atoms. The van der Waals surface area contributed by atoms with Gasteiger partial charge in [-0.2, -0.15) is 0 Å². The number of halogens is 1. The number of nitrogens with zero attached hydrogens (tertiary/aromatic N) is 3. The van der Waals surface area contributed by atoms with Crippen molar-refractivity contribution < 1.29 is 4.79 Å². The van der Waals surface area contributed by atoms with Crippen molar-refractivity contribution in [2.75, 3.05) is 26.2 Å². The molecule has 1 amide bonds. The molecular formula is C15H19ClN4O2. The van der Waals surface area contributed by atoms with Gasteiger partial charge in [-0.25, -0.2) is 4.98 Å². The molecule has 1 saturated heterocycles. The topological polar surface area (TPSA) is 67.2 Å². The zero-order chi connectivity index (χ0) is 14.7. The first-order valence-corrected chi connectivity index (χ1v) is 7.18. The Morgan fingerprint density at radius 1 is 1.23 bits per heavy atom. The maximum absolute atomic E-state index is 12.3. The summed E-state index contributed by atoms with van der Waals surface area (Å²) in [5, 5.41) is 3.81. The van der Waals surface area contributed by atoms with Crippen LogP contribution in [0.5, 0.6) is 0 Å². The summed E-state index contributed by atoms with van der Waals surface area (Å²) in [4.78, 5) is 30.5. The molecule has 1 aromatic carbocycles. The molecular weight excluding hydrogens is 304 g/mol. The van der Waals surface area contributed by atoms with Crippen molar-refractivity contribution >= 4 is 29.2 Å². The molecule has 2 heterocycles. The van der Waals surface area contributed by atoms with E-state index in [1.807, 2.05) is 23.1 Å². The minimum Gasteiger partial charge on any atom is -0.340 e. The number of para-hydroxylation sites is 1. The number of carbonyl (C=O) groups excluding carboxylic acids is 1. The van der Waals surface area contributed by atoms with Crippen molar-refractivity contribution in [1.82, 2.24) is 19.8 Å². The van der Waals surface area contributed by atoms with Crippen LogP contribution in [0.25, 0.3) is 10.9 Å². The fourth-order valence-electron chi connectivity index (χ4n) is 2.55. The van der Waals surface area contributed by atoms with E-state index in [0.717, 1.165) is 26.2 Å². The van der Waals surface area contributed by atoms with Crippen molar-refractivity contribution in [3.63, 3.8) is 0 Å². The molecule has 3 rings (SSSR count). The largest absolute Gasteiger partial charge is 0.340 e. The Bertz CT molecular complexity index is 710. The number of rotatable bonds is 3. The molecule has 0 saturated carbocycles. The number of benzene rings is 1. The molecule has 22 heavy (non-hydrogen) atoms. The fraction of sp³-hybridized carbons (Fsp3) is 0.400. The Morgan fingerprint density at radius 3 is 2.73 bits per heavy atom. The van der Waals surface area contributed by atoms with Crippen LogP contribution in [0.15, 0.2) is 35.4 Å². The molecule has 0 aliphatic carbocycles. The van der Waals surface area contributed by atoms with E-state index in [4.69, 9.17) is 0 Å². The maximum Gasteiger partial charge on any atom is 0.261 e. The number of fused-ring (bicyclic) bond motifs is 1. The lowest BCUT2D eigenvalue weighted by Crippen LogP contribution is -2.46. The van der Waals surface area contributed by atoms with E-state index in [-0.39, 0.29) is 23.9 Å². The predicted molar refractivity (Wildman–Crippen MR) is 87.3 cm³/mol. The number of hydrogen-bond acceptors (Lipinski definition) is 4. The molecule has 0 unspecified atom stereocenters. The number of amides is 1. The first-order chi connectivity index (χ1) is 10.3. The molecule has 0 radical (unpaired) electrons. The molecule has 6 nitrogen and oxygen atoms in total. The number of piperazine rings is 1. The highest BCUT2D eigenvalue weighted by atomic mass is 35.5. The van der Waals surface area contributed by atoms with Gasteiger partial charge in [-0.3, -0.25) is 14.2 Å². The summed E-state index contributed by atoms with van der Waals surface area (Å²) in [6.07, 6.45) is 1.86. The van der Waals surface area contributed by atoms with Gasteiger partial charge in [-0.1, -0.05) is 12.1 Å². The van der Waals surface area contributed by atoms with Crippen LogP contribution in [-0.2, 0) is 11.3 Å². The lowest BCUT2D eigenvalue weighted by molar-refractivity contribution is -0.132. The van der Waals surface area contributed by atoms with E-state index < -0.39 is 0 Å². The minimum absolute atomic E-state index is 0. The summed E-state index contributed by atoms with van der Waals surface area (Å²) >= 11 is 0. The highest BCUT2D eigenvalue weighted by Gasteiger charge is 2.16. The lowest BCUT2D eigenvalue weighted by Gasteiger charge is -2.27. The van der Waals surface area contributed by atoms with Crippen LogP contribution in [0, 0.1) is 0 Å². The molecule has 1 fully saturated rings. The second-order valence-electron chi connectivity index (χ2n) is 5.14. The smallest absolute Gasteiger partial charge is 0.261 e. The Kier molecular flexibility index (Phi) is 5.51. The molecule has 118 valence electrons. The van der Waals surface area contributed by atoms with Crippen LogP contribution >= 0.6 is 12.4 Å². The first kappa shape index (κ1) is 16.5. The Hall–Kier alpha value is -1.92. The minimum atomic E-state index is -0.0892. The van der Waals surface area contributed by atoms with Gasteiger partial charge in [0.2, 0.25) is 5.91 Å². The molecule has 7 heteroatoms. The van der Waals surface area contributed by atoms with Gasteiger partial charge in [0.1, 0.15) is 0 Å². The van der Waals surface area contributed by atoms with Crippen molar-refractivity contribution in [3.8, 4) is 0 Å². The average Bonchev–Trinajstić information content (AvgIpc) is 2.55. The Morgan fingerprint density at radius 2 is 1.95 bits per heavy atom. The third kappa shape index (κ3) is 3.45. The van der Waals surface area contributed by atoms with Crippen molar-refractivity contribution in [1.29, 1.82) is 0 Å². The zero-order valence-electron chi connectivity index (χ0n) is 12.2. The molecule has 1 aromatic heterocycles. The number of hydrogen-bond donors (Lipinski definition) is 1. The standard InChI is InChI=1S/C15H18N4O2.ClH/c20-14(18-9-6-16-7-10-18)5-8-19-11-17-13-4-2-1-3-12(13)15(19)21;/h1-4,11,16H,5-10H2;1H. The molecule has 1 aliphatic heterocycles. The third-order valence-corrected chi connectivity index (χ3v) is 3.77. The van der Waals surface area contributed by atoms with Gasteiger partial charge >= 0.3 is 0 Å². The quantitative estimate of drug-likeness (QED) is 0.900. The van der Waals surface area contributed by atoms with Crippen LogP contribution in [0.4, 0.5) is 0 Å². The fourth-order valence-corrected chi connectivity index (χ4v) is 2.55. The Labute approximate surface area is 134 Å². The van der Waals surface area contributed by atoms with E-state index in [0.29, 0.717) is 23.9 Å². The van der Waals surface area contributed by atoms with Crippen LogP contribution < -0.4 is 10.9 Å². The highest BCUT2D eigenvalue weighted by Crippen LogP contribution is 2.05. The average molecular weight is 323 g/mol. The van der Waals surface area contributed by atoms with Crippen molar-refractivity contribution in [3.05, 3.63) is 40.9 Å². The Balaban J connectivity index is 0.00000176. The normalized spacial score (nSPS) is 14.6. The summed E-state index contributed by atoms with van der Waals surface area (Å²) in [7, 11) is 0. The maximum atomic E-state index is 12.3. The van der Waals surface area contributed by atoms with Gasteiger partial charge in [0.25, 0.3) is 5.56 Å².